The molecule has 1 aromatic heterocycles. The summed E-state index contributed by atoms with van der Waals surface area (Å²) in [6.45, 7) is 0.315. The number of carbonyl (C=O) groups is 2. The lowest BCUT2D eigenvalue weighted by Gasteiger charge is -2.60. The second kappa shape index (κ2) is 5.85. The maximum absolute atomic E-state index is 12.9. The highest BCUT2D eigenvalue weighted by molar-refractivity contribution is 5.84. The maximum atomic E-state index is 12.9. The van der Waals surface area contributed by atoms with E-state index in [9.17, 15) is 9.59 Å². The highest BCUT2D eigenvalue weighted by Crippen LogP contribution is 2.62. The van der Waals surface area contributed by atoms with E-state index in [0.717, 1.165) is 43.0 Å². The van der Waals surface area contributed by atoms with Crippen LogP contribution in [0.15, 0.2) is 36.5 Å². The fourth-order valence-corrected chi connectivity index (χ4v) is 6.63. The maximum Gasteiger partial charge on any atom is 0.311 e. The first-order valence-corrected chi connectivity index (χ1v) is 9.94. The minimum Gasteiger partial charge on any atom is -0.469 e. The molecule has 2 atom stereocenters. The summed E-state index contributed by atoms with van der Waals surface area (Å²) in [4.78, 5) is 25.5. The number of carbonyl (C=O) groups excluding carboxylic acids is 2. The number of nitrogens with one attached hydrogen (secondary N) is 1. The third-order valence-corrected chi connectivity index (χ3v) is 7.08. The number of methoxy groups -OCH3 is 1. The van der Waals surface area contributed by atoms with Crippen molar-refractivity contribution in [3.8, 4) is 0 Å². The molecule has 1 heterocycles. The molecule has 5 heteroatoms. The first-order chi connectivity index (χ1) is 13.0. The van der Waals surface area contributed by atoms with Gasteiger partial charge in [-0.3, -0.25) is 9.59 Å². The molecule has 4 aliphatic carbocycles. The van der Waals surface area contributed by atoms with Crippen LogP contribution in [0.5, 0.6) is 0 Å². The molecule has 142 valence electrons. The third-order valence-electron chi connectivity index (χ3n) is 7.08. The first-order valence-electron chi connectivity index (χ1n) is 9.94. The molecule has 27 heavy (non-hydrogen) atoms. The first kappa shape index (κ1) is 16.8. The normalized spacial score (nSPS) is 34.0. The highest BCUT2D eigenvalue weighted by atomic mass is 16.5. The lowest BCUT2D eigenvalue weighted by atomic mass is 9.47. The lowest BCUT2D eigenvalue weighted by Crippen LogP contribution is -2.65. The number of fused-ring (bicyclic) bond motifs is 1. The van der Waals surface area contributed by atoms with Crippen molar-refractivity contribution < 1.29 is 14.3 Å². The fourth-order valence-electron chi connectivity index (χ4n) is 6.63. The van der Waals surface area contributed by atoms with Crippen LogP contribution < -0.4 is 5.32 Å². The Hall–Kier alpha value is -2.30. The Bertz CT molecular complexity index is 901. The summed E-state index contributed by atoms with van der Waals surface area (Å²) in [5, 5.41) is 4.51. The molecule has 0 unspecified atom stereocenters. The van der Waals surface area contributed by atoms with Gasteiger partial charge in [0.1, 0.15) is 6.54 Å². The van der Waals surface area contributed by atoms with E-state index in [1.165, 1.54) is 13.5 Å². The molecule has 0 aliphatic heterocycles. The van der Waals surface area contributed by atoms with E-state index in [-0.39, 0.29) is 22.8 Å². The van der Waals surface area contributed by atoms with Gasteiger partial charge in [-0.15, -0.1) is 0 Å². The number of hydrogen-bond acceptors (Lipinski definition) is 3. The topological polar surface area (TPSA) is 60.3 Å². The summed E-state index contributed by atoms with van der Waals surface area (Å²) in [6, 6.07) is 10.1. The van der Waals surface area contributed by atoms with Gasteiger partial charge in [0.05, 0.1) is 12.5 Å². The molecule has 1 aromatic carbocycles. The second-order valence-electron chi connectivity index (χ2n) is 9.06. The summed E-state index contributed by atoms with van der Waals surface area (Å²) >= 11 is 0. The van der Waals surface area contributed by atoms with Crippen LogP contribution in [-0.4, -0.2) is 29.1 Å². The van der Waals surface area contributed by atoms with Crippen LogP contribution in [0, 0.1) is 17.3 Å². The lowest BCUT2D eigenvalue weighted by molar-refractivity contribution is -0.173. The Balaban J connectivity index is 1.37. The predicted octanol–water partition coefficient (Wildman–Crippen LogP) is 3.27. The van der Waals surface area contributed by atoms with Crippen molar-refractivity contribution in [2.75, 3.05) is 7.11 Å². The Morgan fingerprint density at radius 2 is 1.89 bits per heavy atom. The smallest absolute Gasteiger partial charge is 0.311 e. The molecular weight excluding hydrogens is 340 g/mol. The molecule has 0 saturated heterocycles. The molecule has 4 aliphatic rings. The van der Waals surface area contributed by atoms with Gasteiger partial charge in [0.25, 0.3) is 0 Å². The standard InChI is InChI=1S/C22H26N2O3/c1-27-20(26)21-9-15-8-16(10-21)12-22(11-15,14-21)23-19(25)13-24-7-6-17-4-2-3-5-18(17)24/h2-7,15-16H,8-14H2,1H3,(H,23,25)/t15-,16-,21?,22?/m0/s1. The quantitative estimate of drug-likeness (QED) is 0.845. The van der Waals surface area contributed by atoms with Gasteiger partial charge < -0.3 is 14.6 Å². The van der Waals surface area contributed by atoms with Gasteiger partial charge in [0.15, 0.2) is 0 Å². The van der Waals surface area contributed by atoms with Crippen LogP contribution >= 0.6 is 0 Å². The number of ether oxygens (including phenoxy) is 1. The van der Waals surface area contributed by atoms with Gasteiger partial charge in [0, 0.05) is 17.3 Å². The van der Waals surface area contributed by atoms with Crippen LogP contribution in [0.1, 0.15) is 38.5 Å². The average molecular weight is 366 g/mol. The number of nitrogens with zero attached hydrogens (tertiary/aromatic N) is 1. The Morgan fingerprint density at radius 1 is 1.15 bits per heavy atom. The number of rotatable bonds is 4. The monoisotopic (exact) mass is 366 g/mol. The summed E-state index contributed by atoms with van der Waals surface area (Å²) in [5.74, 6) is 1.01. The fraction of sp³-hybridized carbons (Fsp3) is 0.545. The van der Waals surface area contributed by atoms with Gasteiger partial charge in [-0.05, 0) is 67.9 Å². The zero-order valence-corrected chi connectivity index (χ0v) is 15.7. The van der Waals surface area contributed by atoms with Crippen molar-refractivity contribution in [1.82, 2.24) is 9.88 Å². The average Bonchev–Trinajstić information content (AvgIpc) is 3.02. The molecule has 6 rings (SSSR count). The predicted molar refractivity (Wildman–Crippen MR) is 102 cm³/mol. The molecule has 0 radical (unpaired) electrons. The van der Waals surface area contributed by atoms with E-state index in [4.69, 9.17) is 4.74 Å². The molecule has 4 bridgehead atoms. The Morgan fingerprint density at radius 3 is 2.63 bits per heavy atom. The van der Waals surface area contributed by atoms with Crippen molar-refractivity contribution in [3.63, 3.8) is 0 Å². The van der Waals surface area contributed by atoms with E-state index in [1.807, 2.05) is 35.0 Å². The van der Waals surface area contributed by atoms with Crippen molar-refractivity contribution >= 4 is 22.8 Å². The number of hydrogen-bond donors (Lipinski definition) is 1. The van der Waals surface area contributed by atoms with Gasteiger partial charge >= 0.3 is 5.97 Å². The van der Waals surface area contributed by atoms with Gasteiger partial charge in [0.2, 0.25) is 5.91 Å². The van der Waals surface area contributed by atoms with Crippen LogP contribution in [0.3, 0.4) is 0 Å². The molecule has 0 spiro atoms. The van der Waals surface area contributed by atoms with E-state index in [1.54, 1.807) is 0 Å². The minimum absolute atomic E-state index is 0.0401. The van der Waals surface area contributed by atoms with Gasteiger partial charge in [-0.1, -0.05) is 18.2 Å². The summed E-state index contributed by atoms with van der Waals surface area (Å²) < 4.78 is 7.16. The van der Waals surface area contributed by atoms with Crippen LogP contribution in [0.25, 0.3) is 10.9 Å². The second-order valence-corrected chi connectivity index (χ2v) is 9.06. The highest BCUT2D eigenvalue weighted by Gasteiger charge is 2.61. The number of para-hydroxylation sites is 1. The van der Waals surface area contributed by atoms with E-state index in [2.05, 4.69) is 11.4 Å². The number of amides is 1. The van der Waals surface area contributed by atoms with Gasteiger partial charge in [-0.2, -0.15) is 0 Å². The number of benzene rings is 1. The molecule has 1 N–H and O–H groups in total. The van der Waals surface area contributed by atoms with Crippen molar-refractivity contribution in [1.29, 1.82) is 0 Å². The summed E-state index contributed by atoms with van der Waals surface area (Å²) in [7, 11) is 1.49. The molecule has 1 amide bonds. The Labute approximate surface area is 159 Å². The third kappa shape index (κ3) is 2.67. The number of esters is 1. The van der Waals surface area contributed by atoms with Gasteiger partial charge in [-0.25, -0.2) is 0 Å². The largest absolute Gasteiger partial charge is 0.469 e. The van der Waals surface area contributed by atoms with Crippen LogP contribution in [0.2, 0.25) is 0 Å². The summed E-state index contributed by atoms with van der Waals surface area (Å²) in [6.07, 6.45) is 7.75. The zero-order chi connectivity index (χ0) is 18.6. The molecular formula is C22H26N2O3. The zero-order valence-electron chi connectivity index (χ0n) is 15.7. The molecule has 5 nitrogen and oxygen atoms in total. The Kier molecular flexibility index (Phi) is 3.65. The van der Waals surface area contributed by atoms with Crippen molar-refractivity contribution in [2.45, 2.75) is 50.6 Å². The number of aromatic nitrogens is 1. The van der Waals surface area contributed by atoms with Crippen LogP contribution in [0.4, 0.5) is 0 Å². The molecule has 4 fully saturated rings. The summed E-state index contributed by atoms with van der Waals surface area (Å²) in [5.41, 5.74) is 0.453. The van der Waals surface area contributed by atoms with Crippen molar-refractivity contribution in [3.05, 3.63) is 36.5 Å². The minimum atomic E-state index is -0.383. The van der Waals surface area contributed by atoms with E-state index >= 15 is 0 Å². The SMILES string of the molecule is COC(=O)C12C[C@@H]3C[C@H](CC(NC(=O)Cn4ccc5ccccc54)(C3)C1)C2. The molecule has 4 saturated carbocycles. The van der Waals surface area contributed by atoms with E-state index in [0.29, 0.717) is 18.4 Å². The molecule has 2 aromatic rings. The van der Waals surface area contributed by atoms with Crippen molar-refractivity contribution in [2.24, 2.45) is 17.3 Å². The van der Waals surface area contributed by atoms with E-state index < -0.39 is 0 Å². The van der Waals surface area contributed by atoms with Crippen LogP contribution in [-0.2, 0) is 20.9 Å².